The summed E-state index contributed by atoms with van der Waals surface area (Å²) in [6, 6.07) is 15.3. The summed E-state index contributed by atoms with van der Waals surface area (Å²) in [4.78, 5) is 0. The number of fused-ring (bicyclic) bond motifs is 1. The highest BCUT2D eigenvalue weighted by Crippen LogP contribution is 2.20. The van der Waals surface area contributed by atoms with Gasteiger partial charge in [0.05, 0.1) is 12.6 Å². The van der Waals surface area contributed by atoms with Crippen molar-refractivity contribution in [3.63, 3.8) is 0 Å². The number of rotatable bonds is 9. The third-order valence-corrected chi connectivity index (χ3v) is 3.55. The third kappa shape index (κ3) is 4.81. The van der Waals surface area contributed by atoms with Gasteiger partial charge in [-0.25, -0.2) is 0 Å². The van der Waals surface area contributed by atoms with Crippen LogP contribution in [0.15, 0.2) is 42.5 Å². The van der Waals surface area contributed by atoms with Gasteiger partial charge in [0.1, 0.15) is 0 Å². The Hall–Kier alpha value is -1.42. The van der Waals surface area contributed by atoms with E-state index in [-0.39, 0.29) is 6.04 Å². The summed E-state index contributed by atoms with van der Waals surface area (Å²) in [6.07, 6.45) is 0.938. The molecule has 0 spiro atoms. The van der Waals surface area contributed by atoms with Crippen molar-refractivity contribution in [2.24, 2.45) is 0 Å². The molecule has 1 unspecified atom stereocenters. The fraction of sp³-hybridized carbons (Fsp3) is 0.444. The summed E-state index contributed by atoms with van der Waals surface area (Å²) in [5.41, 5.74) is 1.28. The fourth-order valence-electron chi connectivity index (χ4n) is 2.45. The molecule has 0 aliphatic heterocycles. The molecular formula is C18H25NO2. The summed E-state index contributed by atoms with van der Waals surface area (Å²) in [5.74, 6) is 0. The molecule has 0 saturated carbocycles. The van der Waals surface area contributed by atoms with Crippen molar-refractivity contribution in [1.82, 2.24) is 5.32 Å². The first kappa shape index (κ1) is 16.0. The lowest BCUT2D eigenvalue weighted by Gasteiger charge is -2.19. The van der Waals surface area contributed by atoms with Gasteiger partial charge >= 0.3 is 0 Å². The van der Waals surface area contributed by atoms with Crippen LogP contribution in [-0.2, 0) is 9.47 Å². The molecule has 0 fully saturated rings. The Morgan fingerprint density at radius 2 is 1.86 bits per heavy atom. The van der Waals surface area contributed by atoms with Gasteiger partial charge in [0.15, 0.2) is 0 Å². The summed E-state index contributed by atoms with van der Waals surface area (Å²) in [6.45, 7) is 5.24. The predicted octanol–water partition coefficient (Wildman–Crippen LogP) is 3.54. The van der Waals surface area contributed by atoms with E-state index in [1.165, 1.54) is 16.3 Å². The van der Waals surface area contributed by atoms with Gasteiger partial charge in [-0.15, -0.1) is 0 Å². The molecule has 0 amide bonds. The number of hydrogen-bond acceptors (Lipinski definition) is 3. The topological polar surface area (TPSA) is 30.5 Å². The van der Waals surface area contributed by atoms with Gasteiger partial charge in [0.25, 0.3) is 0 Å². The minimum atomic E-state index is 0.238. The van der Waals surface area contributed by atoms with Crippen molar-refractivity contribution in [3.8, 4) is 0 Å². The van der Waals surface area contributed by atoms with E-state index in [2.05, 4.69) is 54.7 Å². The Bertz CT molecular complexity index is 541. The minimum absolute atomic E-state index is 0.238. The maximum atomic E-state index is 5.77. The first-order valence-electron chi connectivity index (χ1n) is 7.64. The van der Waals surface area contributed by atoms with Gasteiger partial charge in [-0.05, 0) is 35.4 Å². The molecule has 1 N–H and O–H groups in total. The molecule has 2 aromatic carbocycles. The smallest absolute Gasteiger partial charge is 0.0661 e. The predicted molar refractivity (Wildman–Crippen MR) is 87.7 cm³/mol. The van der Waals surface area contributed by atoms with Crippen LogP contribution >= 0.6 is 0 Å². The van der Waals surface area contributed by atoms with E-state index in [0.717, 1.165) is 26.2 Å². The molecule has 21 heavy (non-hydrogen) atoms. The quantitative estimate of drug-likeness (QED) is 0.716. The molecule has 114 valence electrons. The highest BCUT2D eigenvalue weighted by molar-refractivity contribution is 5.83. The molecule has 0 bridgehead atoms. The second-order valence-electron chi connectivity index (χ2n) is 5.14. The monoisotopic (exact) mass is 287 g/mol. The number of methoxy groups -OCH3 is 1. The SMILES string of the molecule is CCNC(COCCCOC)c1ccc2ccccc2c1. The second kappa shape index (κ2) is 8.78. The van der Waals surface area contributed by atoms with Gasteiger partial charge in [-0.2, -0.15) is 0 Å². The average Bonchev–Trinajstić information content (AvgIpc) is 2.53. The van der Waals surface area contributed by atoms with Crippen molar-refractivity contribution in [1.29, 1.82) is 0 Å². The standard InChI is InChI=1S/C18H25NO2/c1-3-19-18(14-21-12-6-11-20-2)17-10-9-15-7-4-5-8-16(15)13-17/h4-5,7-10,13,18-19H,3,6,11-12,14H2,1-2H3. The summed E-state index contributed by atoms with van der Waals surface area (Å²) >= 11 is 0. The Morgan fingerprint density at radius 1 is 1.05 bits per heavy atom. The van der Waals surface area contributed by atoms with Crippen molar-refractivity contribution in [3.05, 3.63) is 48.0 Å². The number of nitrogens with one attached hydrogen (secondary N) is 1. The van der Waals surface area contributed by atoms with E-state index in [0.29, 0.717) is 6.61 Å². The van der Waals surface area contributed by atoms with E-state index < -0.39 is 0 Å². The van der Waals surface area contributed by atoms with Crippen LogP contribution in [-0.4, -0.2) is 33.5 Å². The summed E-state index contributed by atoms with van der Waals surface area (Å²) in [7, 11) is 1.72. The molecule has 0 radical (unpaired) electrons. The molecule has 2 aromatic rings. The Labute approximate surface area is 127 Å². The first-order valence-corrected chi connectivity index (χ1v) is 7.64. The molecule has 0 saturated heterocycles. The number of hydrogen-bond donors (Lipinski definition) is 1. The molecule has 3 heteroatoms. The first-order chi connectivity index (χ1) is 10.3. The molecule has 0 aromatic heterocycles. The maximum absolute atomic E-state index is 5.77. The number of benzene rings is 2. The Kier molecular flexibility index (Phi) is 6.67. The largest absolute Gasteiger partial charge is 0.385 e. The number of likely N-dealkylation sites (N-methyl/N-ethyl adjacent to an activating group) is 1. The van der Waals surface area contributed by atoms with Crippen molar-refractivity contribution >= 4 is 10.8 Å². The van der Waals surface area contributed by atoms with E-state index in [4.69, 9.17) is 9.47 Å². The van der Waals surface area contributed by atoms with Gasteiger partial charge in [-0.3, -0.25) is 0 Å². The zero-order valence-corrected chi connectivity index (χ0v) is 13.0. The van der Waals surface area contributed by atoms with Gasteiger partial charge in [0, 0.05) is 20.3 Å². The highest BCUT2D eigenvalue weighted by atomic mass is 16.5. The van der Waals surface area contributed by atoms with Crippen LogP contribution in [0.2, 0.25) is 0 Å². The van der Waals surface area contributed by atoms with Crippen molar-refractivity contribution in [2.75, 3.05) is 33.5 Å². The van der Waals surface area contributed by atoms with Gasteiger partial charge < -0.3 is 14.8 Å². The van der Waals surface area contributed by atoms with Crippen LogP contribution in [0.4, 0.5) is 0 Å². The third-order valence-electron chi connectivity index (χ3n) is 3.55. The normalized spacial score (nSPS) is 12.7. The summed E-state index contributed by atoms with van der Waals surface area (Å²) < 4.78 is 10.8. The van der Waals surface area contributed by atoms with Crippen LogP contribution in [0.5, 0.6) is 0 Å². The molecular weight excluding hydrogens is 262 g/mol. The zero-order chi connectivity index (χ0) is 14.9. The van der Waals surface area contributed by atoms with Crippen LogP contribution in [0.25, 0.3) is 10.8 Å². The molecule has 0 heterocycles. The molecule has 3 nitrogen and oxygen atoms in total. The molecule has 0 aliphatic carbocycles. The van der Waals surface area contributed by atoms with Crippen LogP contribution < -0.4 is 5.32 Å². The van der Waals surface area contributed by atoms with E-state index >= 15 is 0 Å². The van der Waals surface area contributed by atoms with Crippen LogP contribution in [0.1, 0.15) is 24.9 Å². The van der Waals surface area contributed by atoms with Crippen molar-refractivity contribution < 1.29 is 9.47 Å². The van der Waals surface area contributed by atoms with Crippen molar-refractivity contribution in [2.45, 2.75) is 19.4 Å². The summed E-state index contributed by atoms with van der Waals surface area (Å²) in [5, 5.41) is 6.05. The number of ether oxygens (including phenoxy) is 2. The van der Waals surface area contributed by atoms with E-state index in [9.17, 15) is 0 Å². The highest BCUT2D eigenvalue weighted by Gasteiger charge is 2.10. The molecule has 2 rings (SSSR count). The van der Waals surface area contributed by atoms with Gasteiger partial charge in [-0.1, -0.05) is 43.3 Å². The lowest BCUT2D eigenvalue weighted by atomic mass is 10.0. The van der Waals surface area contributed by atoms with Crippen LogP contribution in [0.3, 0.4) is 0 Å². The lowest BCUT2D eigenvalue weighted by Crippen LogP contribution is -2.25. The van der Waals surface area contributed by atoms with E-state index in [1.807, 2.05) is 0 Å². The van der Waals surface area contributed by atoms with Crippen LogP contribution in [0, 0.1) is 0 Å². The Morgan fingerprint density at radius 3 is 2.62 bits per heavy atom. The second-order valence-corrected chi connectivity index (χ2v) is 5.14. The minimum Gasteiger partial charge on any atom is -0.385 e. The molecule has 1 atom stereocenters. The average molecular weight is 287 g/mol. The lowest BCUT2D eigenvalue weighted by molar-refractivity contribution is 0.0878. The zero-order valence-electron chi connectivity index (χ0n) is 13.0. The fourth-order valence-corrected chi connectivity index (χ4v) is 2.45. The van der Waals surface area contributed by atoms with Gasteiger partial charge in [0.2, 0.25) is 0 Å². The van der Waals surface area contributed by atoms with E-state index in [1.54, 1.807) is 7.11 Å². The maximum Gasteiger partial charge on any atom is 0.0661 e. The Balaban J connectivity index is 2.01. The molecule has 0 aliphatic rings.